The molecule has 0 saturated carbocycles. The standard InChI is InChI=1S/C12H17Cl2NO/c1-9(5-6-16)7-15-8-10-3-2-4-11(13)12(10)14/h2-4,9,15-16H,5-8H2,1H3. The van der Waals surface area contributed by atoms with Gasteiger partial charge in [0, 0.05) is 13.2 Å². The zero-order chi connectivity index (χ0) is 12.0. The molecule has 0 bridgehead atoms. The van der Waals surface area contributed by atoms with Crippen LogP contribution in [-0.2, 0) is 6.54 Å². The lowest BCUT2D eigenvalue weighted by Crippen LogP contribution is -2.21. The van der Waals surface area contributed by atoms with Crippen molar-refractivity contribution in [3.63, 3.8) is 0 Å². The zero-order valence-corrected chi connectivity index (χ0v) is 10.9. The second-order valence-electron chi connectivity index (χ2n) is 3.96. The van der Waals surface area contributed by atoms with Gasteiger partial charge in [-0.2, -0.15) is 0 Å². The highest BCUT2D eigenvalue weighted by Gasteiger charge is 2.05. The number of hydrogen-bond acceptors (Lipinski definition) is 2. The molecule has 0 amide bonds. The molecule has 16 heavy (non-hydrogen) atoms. The lowest BCUT2D eigenvalue weighted by atomic mass is 10.1. The highest BCUT2D eigenvalue weighted by molar-refractivity contribution is 6.42. The van der Waals surface area contributed by atoms with Crippen molar-refractivity contribution in [1.29, 1.82) is 0 Å². The molecular formula is C12H17Cl2NO. The van der Waals surface area contributed by atoms with Crippen molar-refractivity contribution in [3.05, 3.63) is 33.8 Å². The summed E-state index contributed by atoms with van der Waals surface area (Å²) in [4.78, 5) is 0. The highest BCUT2D eigenvalue weighted by Crippen LogP contribution is 2.25. The first-order valence-electron chi connectivity index (χ1n) is 5.39. The number of hydrogen-bond donors (Lipinski definition) is 2. The van der Waals surface area contributed by atoms with Crippen LogP contribution in [0.25, 0.3) is 0 Å². The predicted octanol–water partition coefficient (Wildman–Crippen LogP) is 3.10. The second kappa shape index (κ2) is 7.13. The van der Waals surface area contributed by atoms with Gasteiger partial charge in [0.25, 0.3) is 0 Å². The fourth-order valence-corrected chi connectivity index (χ4v) is 1.85. The number of aliphatic hydroxyl groups excluding tert-OH is 1. The first-order valence-corrected chi connectivity index (χ1v) is 6.15. The van der Waals surface area contributed by atoms with Crippen molar-refractivity contribution in [1.82, 2.24) is 5.32 Å². The van der Waals surface area contributed by atoms with E-state index in [-0.39, 0.29) is 6.61 Å². The lowest BCUT2D eigenvalue weighted by Gasteiger charge is -2.12. The Morgan fingerprint density at radius 1 is 1.38 bits per heavy atom. The lowest BCUT2D eigenvalue weighted by molar-refractivity contribution is 0.260. The summed E-state index contributed by atoms with van der Waals surface area (Å²) in [6.07, 6.45) is 0.816. The molecule has 0 heterocycles. The number of aliphatic hydroxyl groups is 1. The van der Waals surface area contributed by atoms with E-state index < -0.39 is 0 Å². The van der Waals surface area contributed by atoms with Gasteiger partial charge in [-0.05, 0) is 30.5 Å². The third kappa shape index (κ3) is 4.30. The molecule has 0 spiro atoms. The Kier molecular flexibility index (Phi) is 6.14. The molecule has 0 saturated heterocycles. The first-order chi connectivity index (χ1) is 7.65. The molecule has 1 rings (SSSR count). The van der Waals surface area contributed by atoms with Crippen LogP contribution in [0, 0.1) is 5.92 Å². The second-order valence-corrected chi connectivity index (χ2v) is 4.75. The molecule has 0 aliphatic rings. The summed E-state index contributed by atoms with van der Waals surface area (Å²) in [5.41, 5.74) is 1.00. The van der Waals surface area contributed by atoms with Gasteiger partial charge in [0.15, 0.2) is 0 Å². The minimum atomic E-state index is 0.237. The molecule has 1 aromatic rings. The van der Waals surface area contributed by atoms with Crippen LogP contribution < -0.4 is 5.32 Å². The molecule has 90 valence electrons. The average molecular weight is 262 g/mol. The van der Waals surface area contributed by atoms with E-state index in [0.29, 0.717) is 22.5 Å². The van der Waals surface area contributed by atoms with Crippen LogP contribution in [0.2, 0.25) is 10.0 Å². The fraction of sp³-hybridized carbons (Fsp3) is 0.500. The van der Waals surface area contributed by atoms with E-state index in [1.165, 1.54) is 0 Å². The van der Waals surface area contributed by atoms with Gasteiger partial charge in [-0.15, -0.1) is 0 Å². The van der Waals surface area contributed by atoms with Gasteiger partial charge >= 0.3 is 0 Å². The molecule has 0 aromatic heterocycles. The molecule has 1 unspecified atom stereocenters. The quantitative estimate of drug-likeness (QED) is 0.825. The minimum Gasteiger partial charge on any atom is -0.396 e. The van der Waals surface area contributed by atoms with Crippen molar-refractivity contribution >= 4 is 23.2 Å². The van der Waals surface area contributed by atoms with Crippen molar-refractivity contribution < 1.29 is 5.11 Å². The van der Waals surface area contributed by atoms with Gasteiger partial charge in [0.2, 0.25) is 0 Å². The van der Waals surface area contributed by atoms with Gasteiger partial charge in [-0.1, -0.05) is 42.3 Å². The van der Waals surface area contributed by atoms with E-state index in [2.05, 4.69) is 12.2 Å². The number of benzene rings is 1. The maximum Gasteiger partial charge on any atom is 0.0637 e. The molecule has 0 aliphatic carbocycles. The maximum atomic E-state index is 8.77. The third-order valence-electron chi connectivity index (χ3n) is 2.46. The molecule has 1 atom stereocenters. The van der Waals surface area contributed by atoms with E-state index in [0.717, 1.165) is 18.5 Å². The van der Waals surface area contributed by atoms with E-state index in [4.69, 9.17) is 28.3 Å². The van der Waals surface area contributed by atoms with Crippen LogP contribution in [0.15, 0.2) is 18.2 Å². The summed E-state index contributed by atoms with van der Waals surface area (Å²) < 4.78 is 0. The third-order valence-corrected chi connectivity index (χ3v) is 3.32. The van der Waals surface area contributed by atoms with Gasteiger partial charge in [-0.25, -0.2) is 0 Å². The van der Waals surface area contributed by atoms with Crippen molar-refractivity contribution in [2.45, 2.75) is 19.9 Å². The molecule has 0 radical (unpaired) electrons. The Balaban J connectivity index is 2.40. The SMILES string of the molecule is CC(CCO)CNCc1cccc(Cl)c1Cl. The van der Waals surface area contributed by atoms with Gasteiger partial charge in [-0.3, -0.25) is 0 Å². The molecule has 2 N–H and O–H groups in total. The molecule has 2 nitrogen and oxygen atoms in total. The highest BCUT2D eigenvalue weighted by atomic mass is 35.5. The van der Waals surface area contributed by atoms with Gasteiger partial charge in [0.05, 0.1) is 10.0 Å². The van der Waals surface area contributed by atoms with Crippen LogP contribution in [0.4, 0.5) is 0 Å². The average Bonchev–Trinajstić information content (AvgIpc) is 2.25. The van der Waals surface area contributed by atoms with Gasteiger partial charge in [0.1, 0.15) is 0 Å². The first kappa shape index (κ1) is 13.8. The van der Waals surface area contributed by atoms with E-state index in [9.17, 15) is 0 Å². The molecule has 1 aromatic carbocycles. The Morgan fingerprint density at radius 3 is 2.81 bits per heavy atom. The van der Waals surface area contributed by atoms with E-state index in [1.54, 1.807) is 6.07 Å². The zero-order valence-electron chi connectivity index (χ0n) is 9.34. The number of rotatable bonds is 6. The fourth-order valence-electron chi connectivity index (χ4n) is 1.46. The largest absolute Gasteiger partial charge is 0.396 e. The van der Waals surface area contributed by atoms with E-state index in [1.807, 2.05) is 12.1 Å². The molecular weight excluding hydrogens is 245 g/mol. The smallest absolute Gasteiger partial charge is 0.0637 e. The van der Waals surface area contributed by atoms with E-state index >= 15 is 0 Å². The molecule has 0 aliphatic heterocycles. The van der Waals surface area contributed by atoms with Crippen LogP contribution >= 0.6 is 23.2 Å². The summed E-state index contributed by atoms with van der Waals surface area (Å²) in [5, 5.41) is 13.3. The molecule has 0 fully saturated rings. The normalized spacial score (nSPS) is 12.8. The van der Waals surface area contributed by atoms with Crippen LogP contribution in [0.5, 0.6) is 0 Å². The summed E-state index contributed by atoms with van der Waals surface area (Å²) >= 11 is 12.0. The number of halogens is 2. The summed E-state index contributed by atoms with van der Waals surface area (Å²) in [6.45, 7) is 3.90. The molecule has 4 heteroatoms. The summed E-state index contributed by atoms with van der Waals surface area (Å²) in [5.74, 6) is 0.461. The number of nitrogens with one attached hydrogen (secondary N) is 1. The Bertz CT molecular complexity index is 331. The van der Waals surface area contributed by atoms with Crippen LogP contribution in [-0.4, -0.2) is 18.3 Å². The van der Waals surface area contributed by atoms with Crippen molar-refractivity contribution in [2.75, 3.05) is 13.2 Å². The summed E-state index contributed by atoms with van der Waals surface area (Å²) in [6, 6.07) is 5.63. The Morgan fingerprint density at radius 2 is 2.12 bits per heavy atom. The monoisotopic (exact) mass is 261 g/mol. The van der Waals surface area contributed by atoms with Crippen LogP contribution in [0.1, 0.15) is 18.9 Å². The predicted molar refractivity (Wildman–Crippen MR) is 69.0 cm³/mol. The maximum absolute atomic E-state index is 8.77. The van der Waals surface area contributed by atoms with Crippen molar-refractivity contribution in [3.8, 4) is 0 Å². The van der Waals surface area contributed by atoms with Crippen LogP contribution in [0.3, 0.4) is 0 Å². The Labute approximate surface area is 107 Å². The summed E-state index contributed by atoms with van der Waals surface area (Å²) in [7, 11) is 0. The topological polar surface area (TPSA) is 32.3 Å². The van der Waals surface area contributed by atoms with Gasteiger partial charge < -0.3 is 10.4 Å². The minimum absolute atomic E-state index is 0.237. The Hall–Kier alpha value is -0.280. The van der Waals surface area contributed by atoms with Crippen molar-refractivity contribution in [2.24, 2.45) is 5.92 Å².